The van der Waals surface area contributed by atoms with Crippen LogP contribution < -0.4 is 0 Å². The Hall–Kier alpha value is -2.03. The highest BCUT2D eigenvalue weighted by Gasteiger charge is 2.37. The van der Waals surface area contributed by atoms with Crippen LogP contribution in [-0.4, -0.2) is 39.7 Å². The van der Waals surface area contributed by atoms with Crippen molar-refractivity contribution in [3.63, 3.8) is 0 Å². The lowest BCUT2D eigenvalue weighted by Crippen LogP contribution is -2.21. The first-order valence-electron chi connectivity index (χ1n) is 6.60. The van der Waals surface area contributed by atoms with Crippen LogP contribution in [0.5, 0.6) is 0 Å². The lowest BCUT2D eigenvalue weighted by molar-refractivity contribution is -0.147. The summed E-state index contributed by atoms with van der Waals surface area (Å²) in [6, 6.07) is 6.96. The summed E-state index contributed by atoms with van der Waals surface area (Å²) < 4.78 is 38.9. The van der Waals surface area contributed by atoms with Gasteiger partial charge in [0, 0.05) is 32.5 Å². The van der Waals surface area contributed by atoms with Gasteiger partial charge in [0.05, 0.1) is 0 Å². The van der Waals surface area contributed by atoms with Gasteiger partial charge in [-0.2, -0.15) is 13.2 Å². The Kier molecular flexibility index (Phi) is 4.98. The Balaban J connectivity index is 2.12. The molecule has 1 amide bonds. The van der Waals surface area contributed by atoms with Gasteiger partial charge in [-0.05, 0) is 17.7 Å². The molecule has 0 radical (unpaired) electrons. The summed E-state index contributed by atoms with van der Waals surface area (Å²) in [5.74, 6) is -0.773. The van der Waals surface area contributed by atoms with Gasteiger partial charge in [-0.25, -0.2) is 0 Å². The summed E-state index contributed by atoms with van der Waals surface area (Å²) in [5, 5.41) is 6.91. The van der Waals surface area contributed by atoms with Crippen molar-refractivity contribution in [1.82, 2.24) is 19.7 Å². The molecule has 0 saturated carbocycles. The zero-order valence-corrected chi connectivity index (χ0v) is 13.6. The van der Waals surface area contributed by atoms with Crippen LogP contribution in [0.15, 0.2) is 29.4 Å². The van der Waals surface area contributed by atoms with Crippen molar-refractivity contribution in [1.29, 1.82) is 0 Å². The highest BCUT2D eigenvalue weighted by Crippen LogP contribution is 2.30. The predicted octanol–water partition coefficient (Wildman–Crippen LogP) is 2.83. The minimum Gasteiger partial charge on any atom is -0.345 e. The van der Waals surface area contributed by atoms with Gasteiger partial charge >= 0.3 is 6.18 Å². The molecule has 0 aliphatic rings. The van der Waals surface area contributed by atoms with E-state index in [0.29, 0.717) is 11.3 Å². The molecule has 0 fully saturated rings. The van der Waals surface area contributed by atoms with Crippen molar-refractivity contribution in [2.24, 2.45) is 7.05 Å². The second kappa shape index (κ2) is 6.61. The van der Waals surface area contributed by atoms with Crippen LogP contribution in [0.1, 0.15) is 21.7 Å². The summed E-state index contributed by atoms with van der Waals surface area (Å²) in [4.78, 5) is 13.4. The molecule has 0 N–H and O–H groups in total. The third kappa shape index (κ3) is 4.04. The first kappa shape index (κ1) is 17.3. The van der Waals surface area contributed by atoms with Gasteiger partial charge in [0.15, 0.2) is 5.16 Å². The second-order valence-corrected chi connectivity index (χ2v) is 5.99. The third-order valence-corrected chi connectivity index (χ3v) is 4.13. The van der Waals surface area contributed by atoms with Crippen LogP contribution in [0.4, 0.5) is 13.2 Å². The van der Waals surface area contributed by atoms with E-state index in [-0.39, 0.29) is 11.1 Å². The van der Waals surface area contributed by atoms with Crippen molar-refractivity contribution >= 4 is 17.7 Å². The Morgan fingerprint density at radius 1 is 1.30 bits per heavy atom. The SMILES string of the molecule is CN(C)C(=O)c1cccc(CSc2nnc(C(F)(F)F)n2C)c1. The highest BCUT2D eigenvalue weighted by atomic mass is 32.2. The molecular formula is C14H15F3N4OS. The average Bonchev–Trinajstić information content (AvgIpc) is 2.85. The number of hydrogen-bond donors (Lipinski definition) is 0. The van der Waals surface area contributed by atoms with E-state index in [1.165, 1.54) is 11.9 Å². The van der Waals surface area contributed by atoms with Gasteiger partial charge in [0.1, 0.15) is 0 Å². The molecule has 0 atom stereocenters. The molecule has 124 valence electrons. The average molecular weight is 344 g/mol. The lowest BCUT2D eigenvalue weighted by Gasteiger charge is -2.11. The van der Waals surface area contributed by atoms with Crippen molar-refractivity contribution in [2.75, 3.05) is 14.1 Å². The third-order valence-electron chi connectivity index (χ3n) is 3.04. The summed E-state index contributed by atoms with van der Waals surface area (Å²) in [5.41, 5.74) is 1.35. The molecule has 5 nitrogen and oxygen atoms in total. The van der Waals surface area contributed by atoms with E-state index >= 15 is 0 Å². The van der Waals surface area contributed by atoms with Gasteiger partial charge in [0.2, 0.25) is 5.82 Å². The Labute approximate surface area is 135 Å². The van der Waals surface area contributed by atoms with Gasteiger partial charge < -0.3 is 9.47 Å². The second-order valence-electron chi connectivity index (χ2n) is 5.05. The summed E-state index contributed by atoms with van der Waals surface area (Å²) in [6.07, 6.45) is -4.53. The number of nitrogens with zero attached hydrogens (tertiary/aromatic N) is 4. The molecule has 0 unspecified atom stereocenters. The van der Waals surface area contributed by atoms with E-state index in [4.69, 9.17) is 0 Å². The largest absolute Gasteiger partial charge is 0.451 e. The number of thioether (sulfide) groups is 1. The minimum absolute atomic E-state index is 0.130. The maximum atomic E-state index is 12.7. The van der Waals surface area contributed by atoms with Crippen LogP contribution in [0.2, 0.25) is 0 Å². The maximum Gasteiger partial charge on any atom is 0.451 e. The molecule has 2 rings (SSSR count). The fraction of sp³-hybridized carbons (Fsp3) is 0.357. The van der Waals surface area contributed by atoms with Crippen molar-refractivity contribution in [3.05, 3.63) is 41.2 Å². The van der Waals surface area contributed by atoms with Gasteiger partial charge in [-0.15, -0.1) is 10.2 Å². The van der Waals surface area contributed by atoms with E-state index in [1.54, 1.807) is 38.4 Å². The lowest BCUT2D eigenvalue weighted by atomic mass is 10.1. The first-order valence-corrected chi connectivity index (χ1v) is 7.58. The summed E-state index contributed by atoms with van der Waals surface area (Å²) >= 11 is 1.13. The number of alkyl halides is 3. The first-order chi connectivity index (χ1) is 10.7. The predicted molar refractivity (Wildman–Crippen MR) is 80.0 cm³/mol. The number of hydrogen-bond acceptors (Lipinski definition) is 4. The molecule has 1 aromatic heterocycles. The van der Waals surface area contributed by atoms with E-state index in [0.717, 1.165) is 21.9 Å². The van der Waals surface area contributed by atoms with Crippen molar-refractivity contribution < 1.29 is 18.0 Å². The van der Waals surface area contributed by atoms with Gasteiger partial charge in [-0.3, -0.25) is 4.79 Å². The Morgan fingerprint density at radius 3 is 2.57 bits per heavy atom. The Bertz CT molecular complexity index is 712. The molecule has 1 aromatic carbocycles. The van der Waals surface area contributed by atoms with E-state index in [2.05, 4.69) is 10.2 Å². The van der Waals surface area contributed by atoms with Crippen LogP contribution in [0.25, 0.3) is 0 Å². The molecule has 0 aliphatic heterocycles. The van der Waals surface area contributed by atoms with Crippen molar-refractivity contribution in [2.45, 2.75) is 17.1 Å². The molecule has 1 heterocycles. The van der Waals surface area contributed by atoms with E-state index < -0.39 is 12.0 Å². The topological polar surface area (TPSA) is 51.0 Å². The normalized spacial score (nSPS) is 11.6. The quantitative estimate of drug-likeness (QED) is 0.801. The monoisotopic (exact) mass is 344 g/mol. The van der Waals surface area contributed by atoms with E-state index in [1.807, 2.05) is 0 Å². The molecule has 0 saturated heterocycles. The van der Waals surface area contributed by atoms with Crippen LogP contribution >= 0.6 is 11.8 Å². The smallest absolute Gasteiger partial charge is 0.345 e. The summed E-state index contributed by atoms with van der Waals surface area (Å²) in [6.45, 7) is 0. The number of amides is 1. The van der Waals surface area contributed by atoms with Crippen molar-refractivity contribution in [3.8, 4) is 0 Å². The van der Waals surface area contributed by atoms with Crippen LogP contribution in [0.3, 0.4) is 0 Å². The van der Waals surface area contributed by atoms with E-state index in [9.17, 15) is 18.0 Å². The van der Waals surface area contributed by atoms with Gasteiger partial charge in [0.25, 0.3) is 5.91 Å². The molecule has 9 heteroatoms. The fourth-order valence-electron chi connectivity index (χ4n) is 1.89. The molecule has 0 aliphatic carbocycles. The number of rotatable bonds is 4. The molecule has 0 bridgehead atoms. The van der Waals surface area contributed by atoms with Gasteiger partial charge in [-0.1, -0.05) is 23.9 Å². The molecular weight excluding hydrogens is 329 g/mol. The zero-order chi connectivity index (χ0) is 17.2. The number of benzene rings is 1. The molecule has 23 heavy (non-hydrogen) atoms. The van der Waals surface area contributed by atoms with Crippen LogP contribution in [0, 0.1) is 0 Å². The van der Waals surface area contributed by atoms with Crippen LogP contribution in [-0.2, 0) is 19.0 Å². The fourth-order valence-corrected chi connectivity index (χ4v) is 2.74. The maximum absolute atomic E-state index is 12.7. The Morgan fingerprint density at radius 2 is 2.00 bits per heavy atom. The minimum atomic E-state index is -4.53. The highest BCUT2D eigenvalue weighted by molar-refractivity contribution is 7.98. The standard InChI is InChI=1S/C14H15F3N4OS/c1-20(2)11(22)10-6-4-5-9(7-10)8-23-13-19-18-12(21(13)3)14(15,16)17/h4-7H,8H2,1-3H3. The number of carbonyl (C=O) groups is 1. The zero-order valence-electron chi connectivity index (χ0n) is 12.8. The molecule has 0 spiro atoms. The summed E-state index contributed by atoms with van der Waals surface area (Å²) in [7, 11) is 4.58. The number of carbonyl (C=O) groups excluding carboxylic acids is 1. The number of halogens is 3. The number of aromatic nitrogens is 3. The molecule has 2 aromatic rings.